The van der Waals surface area contributed by atoms with E-state index in [9.17, 15) is 4.39 Å². The molecule has 2 aromatic rings. The number of imidazole rings is 1. The smallest absolute Gasteiger partial charge is 0.127 e. The Balaban J connectivity index is 2.06. The number of alkyl halides is 1. The number of nitrogens with zero attached hydrogens (tertiary/aromatic N) is 2. The molecule has 21 heavy (non-hydrogen) atoms. The first-order valence-electron chi connectivity index (χ1n) is 7.78. The van der Waals surface area contributed by atoms with Crippen LogP contribution in [0.1, 0.15) is 57.2 Å². The maximum absolute atomic E-state index is 13.6. The second-order valence-electron chi connectivity index (χ2n) is 6.68. The molecule has 0 N–H and O–H groups in total. The number of hydrogen-bond donors (Lipinski definition) is 0. The van der Waals surface area contributed by atoms with Crippen LogP contribution in [-0.4, -0.2) is 9.55 Å². The van der Waals surface area contributed by atoms with Crippen molar-refractivity contribution in [3.8, 4) is 0 Å². The van der Waals surface area contributed by atoms with E-state index < -0.39 is 0 Å². The van der Waals surface area contributed by atoms with Crippen LogP contribution < -0.4 is 0 Å². The van der Waals surface area contributed by atoms with E-state index in [0.717, 1.165) is 23.4 Å². The summed E-state index contributed by atoms with van der Waals surface area (Å²) >= 11 is 6.31. The molecule has 0 bridgehead atoms. The fraction of sp³-hybridized carbons (Fsp3) is 0.588. The van der Waals surface area contributed by atoms with Gasteiger partial charge in [0.2, 0.25) is 0 Å². The molecule has 1 atom stereocenters. The van der Waals surface area contributed by atoms with E-state index >= 15 is 0 Å². The van der Waals surface area contributed by atoms with E-state index in [4.69, 9.17) is 11.6 Å². The van der Waals surface area contributed by atoms with Crippen LogP contribution >= 0.6 is 11.6 Å². The van der Waals surface area contributed by atoms with Gasteiger partial charge < -0.3 is 4.57 Å². The molecular weight excluding hydrogens is 287 g/mol. The molecule has 114 valence electrons. The third-order valence-electron chi connectivity index (χ3n) is 4.70. The van der Waals surface area contributed by atoms with Crippen LogP contribution in [0.2, 0.25) is 0 Å². The van der Waals surface area contributed by atoms with Crippen molar-refractivity contribution in [2.24, 2.45) is 5.41 Å². The minimum Gasteiger partial charge on any atom is -0.326 e. The molecule has 1 fully saturated rings. The average molecular weight is 309 g/mol. The molecule has 1 aromatic carbocycles. The summed E-state index contributed by atoms with van der Waals surface area (Å²) in [5.74, 6) is 0.635. The van der Waals surface area contributed by atoms with Gasteiger partial charge in [-0.05, 0) is 43.4 Å². The van der Waals surface area contributed by atoms with Crippen LogP contribution in [0.25, 0.3) is 11.0 Å². The number of benzene rings is 1. The molecule has 1 aliphatic rings. The van der Waals surface area contributed by atoms with Gasteiger partial charge in [0, 0.05) is 6.54 Å². The summed E-state index contributed by atoms with van der Waals surface area (Å²) in [5, 5.41) is -0.173. The zero-order chi connectivity index (χ0) is 15.0. The van der Waals surface area contributed by atoms with Crippen LogP contribution in [0, 0.1) is 11.2 Å². The van der Waals surface area contributed by atoms with E-state index in [1.54, 1.807) is 12.1 Å². The summed E-state index contributed by atoms with van der Waals surface area (Å²) in [5.41, 5.74) is 1.96. The Morgan fingerprint density at radius 1 is 1.33 bits per heavy atom. The van der Waals surface area contributed by atoms with E-state index in [2.05, 4.69) is 16.5 Å². The topological polar surface area (TPSA) is 17.8 Å². The van der Waals surface area contributed by atoms with Crippen LogP contribution in [-0.2, 0) is 6.54 Å². The molecule has 1 aliphatic carbocycles. The lowest BCUT2D eigenvalue weighted by Gasteiger charge is -2.34. The van der Waals surface area contributed by atoms with Gasteiger partial charge in [-0.15, -0.1) is 11.6 Å². The number of rotatable bonds is 3. The molecule has 3 rings (SSSR count). The normalized spacial score (nSPS) is 19.8. The number of hydrogen-bond acceptors (Lipinski definition) is 1. The van der Waals surface area contributed by atoms with Crippen molar-refractivity contribution in [1.29, 1.82) is 0 Å². The van der Waals surface area contributed by atoms with Crippen LogP contribution in [0.3, 0.4) is 0 Å². The molecule has 0 radical (unpaired) electrons. The van der Waals surface area contributed by atoms with E-state index in [0.29, 0.717) is 0 Å². The Kier molecular flexibility index (Phi) is 3.96. The molecule has 1 saturated carbocycles. The first-order valence-corrected chi connectivity index (χ1v) is 8.22. The summed E-state index contributed by atoms with van der Waals surface area (Å²) in [7, 11) is 0. The largest absolute Gasteiger partial charge is 0.326 e. The lowest BCUT2D eigenvalue weighted by Crippen LogP contribution is -2.27. The monoisotopic (exact) mass is 308 g/mol. The fourth-order valence-corrected chi connectivity index (χ4v) is 3.70. The zero-order valence-corrected chi connectivity index (χ0v) is 13.5. The van der Waals surface area contributed by atoms with Gasteiger partial charge in [-0.25, -0.2) is 9.37 Å². The highest BCUT2D eigenvalue weighted by Crippen LogP contribution is 2.39. The van der Waals surface area contributed by atoms with Crippen molar-refractivity contribution in [1.82, 2.24) is 9.55 Å². The van der Waals surface area contributed by atoms with Crippen LogP contribution in [0.5, 0.6) is 0 Å². The second kappa shape index (κ2) is 5.60. The summed E-state index contributed by atoms with van der Waals surface area (Å²) in [6.07, 6.45) is 6.33. The third kappa shape index (κ3) is 2.94. The predicted octanol–water partition coefficient (Wildman–Crippen LogP) is 5.45. The van der Waals surface area contributed by atoms with Crippen molar-refractivity contribution in [2.45, 2.75) is 57.9 Å². The molecule has 1 aromatic heterocycles. The maximum atomic E-state index is 13.6. The molecule has 2 nitrogen and oxygen atoms in total. The number of halogens is 2. The Hall–Kier alpha value is -1.09. The number of aromatic nitrogens is 2. The molecule has 1 unspecified atom stereocenters. The minimum atomic E-state index is -0.216. The third-order valence-corrected chi connectivity index (χ3v) is 4.89. The van der Waals surface area contributed by atoms with Crippen LogP contribution in [0.15, 0.2) is 18.2 Å². The second-order valence-corrected chi connectivity index (χ2v) is 7.33. The Morgan fingerprint density at radius 2 is 2.05 bits per heavy atom. The Labute approximate surface area is 130 Å². The fourth-order valence-electron chi connectivity index (χ4n) is 3.53. The van der Waals surface area contributed by atoms with E-state index in [1.165, 1.54) is 38.2 Å². The van der Waals surface area contributed by atoms with Crippen LogP contribution in [0.4, 0.5) is 4.39 Å². The highest BCUT2D eigenvalue weighted by atomic mass is 35.5. The van der Waals surface area contributed by atoms with Gasteiger partial charge in [0.1, 0.15) is 11.6 Å². The SMILES string of the molecule is CC(Cl)c1nc2ccc(F)cc2n1CC1(C)CCCCC1. The highest BCUT2D eigenvalue weighted by Gasteiger charge is 2.29. The molecule has 0 saturated heterocycles. The van der Waals surface area contributed by atoms with Crippen molar-refractivity contribution in [2.75, 3.05) is 0 Å². The van der Waals surface area contributed by atoms with Gasteiger partial charge in [-0.1, -0.05) is 26.2 Å². The maximum Gasteiger partial charge on any atom is 0.127 e. The van der Waals surface area contributed by atoms with Gasteiger partial charge in [0.15, 0.2) is 0 Å². The standard InChI is InChI=1S/C17H22ClFN2/c1-12(18)16-20-14-7-6-13(19)10-15(14)21(16)11-17(2)8-4-3-5-9-17/h6-7,10,12H,3-5,8-9,11H2,1-2H3. The lowest BCUT2D eigenvalue weighted by molar-refractivity contribution is 0.183. The van der Waals surface area contributed by atoms with Gasteiger partial charge in [-0.2, -0.15) is 0 Å². The van der Waals surface area contributed by atoms with E-state index in [-0.39, 0.29) is 16.6 Å². The quantitative estimate of drug-likeness (QED) is 0.690. The summed E-state index contributed by atoms with van der Waals surface area (Å²) < 4.78 is 15.8. The Bertz CT molecular complexity index is 642. The minimum absolute atomic E-state index is 0.173. The first-order chi connectivity index (χ1) is 9.98. The highest BCUT2D eigenvalue weighted by molar-refractivity contribution is 6.20. The number of fused-ring (bicyclic) bond motifs is 1. The van der Waals surface area contributed by atoms with E-state index in [1.807, 2.05) is 6.92 Å². The predicted molar refractivity (Wildman–Crippen MR) is 85.2 cm³/mol. The molecule has 4 heteroatoms. The van der Waals surface area contributed by atoms with Gasteiger partial charge in [0.05, 0.1) is 16.4 Å². The zero-order valence-electron chi connectivity index (χ0n) is 12.7. The molecular formula is C17H22ClFN2. The van der Waals surface area contributed by atoms with Gasteiger partial charge in [0.25, 0.3) is 0 Å². The lowest BCUT2D eigenvalue weighted by atomic mass is 9.75. The first kappa shape index (κ1) is 14.8. The molecule has 0 aliphatic heterocycles. The summed E-state index contributed by atoms with van der Waals surface area (Å²) in [4.78, 5) is 4.61. The molecule has 1 heterocycles. The van der Waals surface area contributed by atoms with Crippen molar-refractivity contribution < 1.29 is 4.39 Å². The van der Waals surface area contributed by atoms with Crippen molar-refractivity contribution >= 4 is 22.6 Å². The molecule has 0 spiro atoms. The van der Waals surface area contributed by atoms with Crippen molar-refractivity contribution in [3.63, 3.8) is 0 Å². The van der Waals surface area contributed by atoms with Crippen molar-refractivity contribution in [3.05, 3.63) is 29.8 Å². The average Bonchev–Trinajstić information content (AvgIpc) is 2.77. The summed E-state index contributed by atoms with van der Waals surface area (Å²) in [6.45, 7) is 5.14. The summed E-state index contributed by atoms with van der Waals surface area (Å²) in [6, 6.07) is 4.79. The Morgan fingerprint density at radius 3 is 2.71 bits per heavy atom. The van der Waals surface area contributed by atoms with Gasteiger partial charge >= 0.3 is 0 Å². The molecule has 0 amide bonds. The van der Waals surface area contributed by atoms with Gasteiger partial charge in [-0.3, -0.25) is 0 Å².